The van der Waals surface area contributed by atoms with E-state index in [2.05, 4.69) is 22.2 Å². The highest BCUT2D eigenvalue weighted by molar-refractivity contribution is 5.21. The number of nitrogens with one attached hydrogen (secondary N) is 1. The van der Waals surface area contributed by atoms with Crippen molar-refractivity contribution in [1.82, 2.24) is 15.3 Å². The molecule has 0 radical (unpaired) electrons. The number of nitrogens with zero attached hydrogens (tertiary/aromatic N) is 2. The van der Waals surface area contributed by atoms with Crippen LogP contribution in [0.5, 0.6) is 0 Å². The predicted octanol–water partition coefficient (Wildman–Crippen LogP) is 1.85. The van der Waals surface area contributed by atoms with Crippen molar-refractivity contribution in [2.24, 2.45) is 0 Å². The Labute approximate surface area is 85.0 Å². The lowest BCUT2D eigenvalue weighted by molar-refractivity contribution is 0.502. The van der Waals surface area contributed by atoms with Gasteiger partial charge in [-0.25, -0.2) is 9.97 Å². The van der Waals surface area contributed by atoms with Gasteiger partial charge in [-0.05, 0) is 25.8 Å². The molecule has 0 fully saturated rings. The minimum atomic E-state index is 0.471. The largest absolute Gasteiger partial charge is 0.310 e. The van der Waals surface area contributed by atoms with Gasteiger partial charge in [0.2, 0.25) is 0 Å². The van der Waals surface area contributed by atoms with Gasteiger partial charge < -0.3 is 5.32 Å². The lowest BCUT2D eigenvalue weighted by Crippen LogP contribution is -2.21. The number of fused-ring (bicyclic) bond motifs is 1. The van der Waals surface area contributed by atoms with Crippen molar-refractivity contribution in [2.75, 3.05) is 6.54 Å². The van der Waals surface area contributed by atoms with Crippen molar-refractivity contribution in [2.45, 2.75) is 38.6 Å². The molecule has 1 aromatic heterocycles. The topological polar surface area (TPSA) is 37.8 Å². The van der Waals surface area contributed by atoms with Crippen molar-refractivity contribution in [3.63, 3.8) is 0 Å². The van der Waals surface area contributed by atoms with E-state index in [-0.39, 0.29) is 0 Å². The second-order valence-electron chi connectivity index (χ2n) is 3.78. The molecule has 14 heavy (non-hydrogen) atoms. The Balaban J connectivity index is 2.27. The van der Waals surface area contributed by atoms with E-state index in [1.54, 1.807) is 6.33 Å². The lowest BCUT2D eigenvalue weighted by atomic mass is 10.1. The van der Waals surface area contributed by atoms with Gasteiger partial charge in [0.1, 0.15) is 6.33 Å². The minimum Gasteiger partial charge on any atom is -0.310 e. The molecule has 3 nitrogen and oxygen atoms in total. The maximum atomic E-state index is 4.36. The summed E-state index contributed by atoms with van der Waals surface area (Å²) >= 11 is 0. The van der Waals surface area contributed by atoms with Gasteiger partial charge in [0.15, 0.2) is 0 Å². The first-order chi connectivity index (χ1) is 6.92. The van der Waals surface area contributed by atoms with Crippen LogP contribution in [0.3, 0.4) is 0 Å². The summed E-state index contributed by atoms with van der Waals surface area (Å²) in [6.07, 6.45) is 8.50. The molecule has 0 saturated heterocycles. The summed E-state index contributed by atoms with van der Waals surface area (Å²) < 4.78 is 0. The monoisotopic (exact) mass is 191 g/mol. The molecule has 76 valence electrons. The third-order valence-corrected chi connectivity index (χ3v) is 2.81. The first-order valence-electron chi connectivity index (χ1n) is 5.44. The zero-order chi connectivity index (χ0) is 9.80. The highest BCUT2D eigenvalue weighted by Crippen LogP contribution is 2.26. The Bertz CT molecular complexity index is 298. The average Bonchev–Trinajstić information content (AvgIpc) is 2.42. The summed E-state index contributed by atoms with van der Waals surface area (Å²) in [7, 11) is 0. The van der Waals surface area contributed by atoms with Crippen LogP contribution in [0.15, 0.2) is 12.5 Å². The number of hydrogen-bond donors (Lipinski definition) is 1. The summed E-state index contributed by atoms with van der Waals surface area (Å²) in [5.74, 6) is 0. The van der Waals surface area contributed by atoms with E-state index < -0.39 is 0 Å². The van der Waals surface area contributed by atoms with Crippen LogP contribution in [-0.4, -0.2) is 16.5 Å². The molecular formula is C11H17N3. The summed E-state index contributed by atoms with van der Waals surface area (Å²) in [5.41, 5.74) is 2.55. The Hall–Kier alpha value is -0.960. The normalized spacial score (nSPS) is 21.4. The number of rotatable bonds is 2. The summed E-state index contributed by atoms with van der Waals surface area (Å²) in [6.45, 7) is 3.16. The van der Waals surface area contributed by atoms with Gasteiger partial charge in [0.25, 0.3) is 0 Å². The molecule has 1 aromatic rings. The Morgan fingerprint density at radius 3 is 3.29 bits per heavy atom. The fraction of sp³-hybridized carbons (Fsp3) is 0.636. The zero-order valence-electron chi connectivity index (χ0n) is 8.66. The molecule has 1 unspecified atom stereocenters. The van der Waals surface area contributed by atoms with Gasteiger partial charge >= 0.3 is 0 Å². The number of aryl methyl sites for hydroxylation is 1. The number of hydrogen-bond acceptors (Lipinski definition) is 3. The fourth-order valence-corrected chi connectivity index (χ4v) is 2.12. The van der Waals surface area contributed by atoms with Crippen LogP contribution in [0.2, 0.25) is 0 Å². The zero-order valence-corrected chi connectivity index (χ0v) is 8.66. The third-order valence-electron chi connectivity index (χ3n) is 2.81. The van der Waals surface area contributed by atoms with E-state index in [0.717, 1.165) is 13.0 Å². The molecule has 1 aliphatic rings. The van der Waals surface area contributed by atoms with Gasteiger partial charge in [-0.1, -0.05) is 13.3 Å². The molecule has 0 amide bonds. The maximum Gasteiger partial charge on any atom is 0.115 e. The Morgan fingerprint density at radius 1 is 1.50 bits per heavy atom. The fourth-order valence-electron chi connectivity index (χ4n) is 2.12. The molecule has 3 heteroatoms. The van der Waals surface area contributed by atoms with E-state index in [1.165, 1.54) is 30.5 Å². The van der Waals surface area contributed by atoms with Crippen molar-refractivity contribution in [3.05, 3.63) is 23.8 Å². The highest BCUT2D eigenvalue weighted by Gasteiger charge is 2.18. The van der Waals surface area contributed by atoms with E-state index in [9.17, 15) is 0 Å². The van der Waals surface area contributed by atoms with Gasteiger partial charge in [-0.3, -0.25) is 0 Å². The van der Waals surface area contributed by atoms with E-state index in [1.807, 2.05) is 6.20 Å². The lowest BCUT2D eigenvalue weighted by Gasteiger charge is -2.16. The van der Waals surface area contributed by atoms with E-state index in [0.29, 0.717) is 6.04 Å². The second-order valence-corrected chi connectivity index (χ2v) is 3.78. The summed E-state index contributed by atoms with van der Waals surface area (Å²) in [5, 5.41) is 3.50. The van der Waals surface area contributed by atoms with Crippen LogP contribution in [0, 0.1) is 0 Å². The molecule has 2 rings (SSSR count). The smallest absolute Gasteiger partial charge is 0.115 e. The Kier molecular flexibility index (Phi) is 3.09. The van der Waals surface area contributed by atoms with Crippen molar-refractivity contribution < 1.29 is 0 Å². The molecule has 0 bridgehead atoms. The van der Waals surface area contributed by atoms with Gasteiger partial charge in [0.05, 0.1) is 0 Å². The first kappa shape index (κ1) is 9.59. The SMILES string of the molecule is CCNC1CCCCc2ncncc21. The quantitative estimate of drug-likeness (QED) is 0.725. The van der Waals surface area contributed by atoms with Crippen molar-refractivity contribution in [1.29, 1.82) is 0 Å². The summed E-state index contributed by atoms with van der Waals surface area (Å²) in [4.78, 5) is 8.48. The molecule has 0 saturated carbocycles. The Morgan fingerprint density at radius 2 is 2.43 bits per heavy atom. The standard InChI is InChI=1S/C11H17N3/c1-2-13-10-5-3-4-6-11-9(10)7-12-8-14-11/h7-8,10,13H,2-6H2,1H3. The average molecular weight is 191 g/mol. The highest BCUT2D eigenvalue weighted by atomic mass is 14.9. The van der Waals surface area contributed by atoms with Gasteiger partial charge in [-0.15, -0.1) is 0 Å². The number of aromatic nitrogens is 2. The molecule has 0 spiro atoms. The van der Waals surface area contributed by atoms with Crippen LogP contribution in [0.1, 0.15) is 43.5 Å². The van der Waals surface area contributed by atoms with Crippen LogP contribution in [-0.2, 0) is 6.42 Å². The molecule has 0 aliphatic heterocycles. The minimum absolute atomic E-state index is 0.471. The molecule has 0 aromatic carbocycles. The van der Waals surface area contributed by atoms with Crippen LogP contribution in [0.4, 0.5) is 0 Å². The molecule has 1 heterocycles. The predicted molar refractivity (Wildman–Crippen MR) is 56.0 cm³/mol. The van der Waals surface area contributed by atoms with Gasteiger partial charge in [-0.2, -0.15) is 0 Å². The van der Waals surface area contributed by atoms with Gasteiger partial charge in [0, 0.05) is 23.5 Å². The van der Waals surface area contributed by atoms with Crippen LogP contribution < -0.4 is 5.32 Å². The first-order valence-corrected chi connectivity index (χ1v) is 5.44. The molecule has 1 atom stereocenters. The van der Waals surface area contributed by atoms with E-state index in [4.69, 9.17) is 0 Å². The van der Waals surface area contributed by atoms with Crippen molar-refractivity contribution >= 4 is 0 Å². The molecular weight excluding hydrogens is 174 g/mol. The van der Waals surface area contributed by atoms with Crippen LogP contribution >= 0.6 is 0 Å². The maximum absolute atomic E-state index is 4.36. The molecule has 1 aliphatic carbocycles. The van der Waals surface area contributed by atoms with Crippen molar-refractivity contribution in [3.8, 4) is 0 Å². The second kappa shape index (κ2) is 4.51. The van der Waals surface area contributed by atoms with Crippen LogP contribution in [0.25, 0.3) is 0 Å². The van der Waals surface area contributed by atoms with E-state index >= 15 is 0 Å². The molecule has 1 N–H and O–H groups in total. The summed E-state index contributed by atoms with van der Waals surface area (Å²) in [6, 6.07) is 0.471. The third kappa shape index (κ3) is 1.93.